The Morgan fingerprint density at radius 3 is 2.76 bits per heavy atom. The van der Waals surface area contributed by atoms with Gasteiger partial charge in [-0.3, -0.25) is 4.79 Å². The second-order valence-electron chi connectivity index (χ2n) is 7.59. The third-order valence-electron chi connectivity index (χ3n) is 5.91. The summed E-state index contributed by atoms with van der Waals surface area (Å²) in [5.41, 5.74) is 4.26. The lowest BCUT2D eigenvalue weighted by molar-refractivity contribution is -0.120. The summed E-state index contributed by atoms with van der Waals surface area (Å²) in [6, 6.07) is 0.168. The van der Waals surface area contributed by atoms with E-state index in [2.05, 4.69) is 31.8 Å². The average molecular weight is 410 g/mol. The Hall–Kier alpha value is -2.81. The van der Waals surface area contributed by atoms with Gasteiger partial charge in [-0.15, -0.1) is 11.3 Å². The van der Waals surface area contributed by atoms with Crippen molar-refractivity contribution in [3.05, 3.63) is 23.3 Å². The van der Waals surface area contributed by atoms with Crippen molar-refractivity contribution in [3.8, 4) is 23.0 Å². The van der Waals surface area contributed by atoms with Crippen LogP contribution in [0, 0.1) is 0 Å². The molecule has 1 fully saturated rings. The van der Waals surface area contributed by atoms with Gasteiger partial charge >= 0.3 is 0 Å². The Labute approximate surface area is 173 Å². The summed E-state index contributed by atoms with van der Waals surface area (Å²) in [5, 5.41) is 1.97. The van der Waals surface area contributed by atoms with Crippen molar-refractivity contribution in [3.63, 3.8) is 0 Å². The van der Waals surface area contributed by atoms with Crippen molar-refractivity contribution in [2.24, 2.45) is 0 Å². The number of fused-ring (bicyclic) bond motifs is 1. The highest BCUT2D eigenvalue weighted by molar-refractivity contribution is 7.07. The fourth-order valence-electron chi connectivity index (χ4n) is 4.41. The highest BCUT2D eigenvalue weighted by Crippen LogP contribution is 2.40. The van der Waals surface area contributed by atoms with Gasteiger partial charge in [0.2, 0.25) is 5.91 Å². The van der Waals surface area contributed by atoms with Crippen molar-refractivity contribution in [2.75, 3.05) is 16.8 Å². The molecule has 9 heteroatoms. The van der Waals surface area contributed by atoms with E-state index < -0.39 is 0 Å². The van der Waals surface area contributed by atoms with Crippen LogP contribution in [0.1, 0.15) is 39.0 Å². The molecule has 0 spiro atoms. The molecule has 150 valence electrons. The maximum Gasteiger partial charge on any atom is 0.249 e. The zero-order valence-electron chi connectivity index (χ0n) is 16.5. The molecule has 4 heterocycles. The van der Waals surface area contributed by atoms with E-state index in [9.17, 15) is 4.79 Å². The summed E-state index contributed by atoms with van der Waals surface area (Å²) in [7, 11) is 1.81. The molecule has 1 atom stereocenters. The van der Waals surface area contributed by atoms with Gasteiger partial charge < -0.3 is 14.8 Å². The van der Waals surface area contributed by atoms with Crippen molar-refractivity contribution < 1.29 is 4.79 Å². The molecule has 3 aromatic rings. The summed E-state index contributed by atoms with van der Waals surface area (Å²) >= 11 is 1.54. The van der Waals surface area contributed by atoms with Crippen molar-refractivity contribution in [1.82, 2.24) is 24.9 Å². The number of hydrogen-bond donors (Lipinski definition) is 1. The third-order valence-corrected chi connectivity index (χ3v) is 6.49. The van der Waals surface area contributed by atoms with Crippen LogP contribution in [0.4, 0.5) is 11.5 Å². The van der Waals surface area contributed by atoms with Gasteiger partial charge in [-0.25, -0.2) is 19.9 Å². The Kier molecular flexibility index (Phi) is 4.54. The molecule has 0 radical (unpaired) electrons. The van der Waals surface area contributed by atoms with Crippen LogP contribution in [0.15, 0.2) is 23.3 Å². The molecular formula is C20H23N7OS. The topological polar surface area (TPSA) is 90.9 Å². The SMILES string of the molecule is CC[C@@H]1C(=O)N(C)c2cnc(-c3ncc(-c4cscn4)[nH]3)nc2N1C1CCCC1. The lowest BCUT2D eigenvalue weighted by Gasteiger charge is -2.43. The van der Waals surface area contributed by atoms with E-state index in [-0.39, 0.29) is 11.9 Å². The monoisotopic (exact) mass is 409 g/mol. The average Bonchev–Trinajstić information content (AvgIpc) is 3.51. The lowest BCUT2D eigenvalue weighted by Crippen LogP contribution is -2.55. The summed E-state index contributed by atoms with van der Waals surface area (Å²) in [5.74, 6) is 2.09. The summed E-state index contributed by atoms with van der Waals surface area (Å²) in [6.45, 7) is 2.07. The maximum atomic E-state index is 13.0. The molecule has 8 nitrogen and oxygen atoms in total. The van der Waals surface area contributed by atoms with Crippen molar-refractivity contribution in [1.29, 1.82) is 0 Å². The molecule has 1 aliphatic heterocycles. The number of nitrogens with one attached hydrogen (secondary N) is 1. The van der Waals surface area contributed by atoms with Crippen LogP contribution in [-0.4, -0.2) is 50.0 Å². The van der Waals surface area contributed by atoms with Crippen LogP contribution in [0.5, 0.6) is 0 Å². The minimum atomic E-state index is -0.180. The highest BCUT2D eigenvalue weighted by atomic mass is 32.1. The highest BCUT2D eigenvalue weighted by Gasteiger charge is 2.41. The first kappa shape index (κ1) is 18.2. The Morgan fingerprint density at radius 1 is 1.21 bits per heavy atom. The van der Waals surface area contributed by atoms with Gasteiger partial charge in [-0.05, 0) is 19.3 Å². The quantitative estimate of drug-likeness (QED) is 0.709. The number of rotatable bonds is 4. The van der Waals surface area contributed by atoms with Gasteiger partial charge in [0.15, 0.2) is 17.5 Å². The number of aromatic nitrogens is 5. The van der Waals surface area contributed by atoms with E-state index in [1.165, 1.54) is 12.8 Å². The first-order valence-electron chi connectivity index (χ1n) is 10.0. The van der Waals surface area contributed by atoms with Crippen LogP contribution >= 0.6 is 11.3 Å². The molecule has 2 aliphatic rings. The van der Waals surface area contributed by atoms with Gasteiger partial charge in [0, 0.05) is 18.5 Å². The second kappa shape index (κ2) is 7.22. The summed E-state index contributed by atoms with van der Waals surface area (Å²) in [4.78, 5) is 38.4. The van der Waals surface area contributed by atoms with E-state index in [0.29, 0.717) is 17.7 Å². The van der Waals surface area contributed by atoms with Crippen molar-refractivity contribution in [2.45, 2.75) is 51.1 Å². The number of anilines is 2. The van der Waals surface area contributed by atoms with Gasteiger partial charge in [0.25, 0.3) is 0 Å². The predicted octanol–water partition coefficient (Wildman–Crippen LogP) is 3.49. The number of likely N-dealkylation sites (N-methyl/N-ethyl adjacent to an activating group) is 1. The largest absolute Gasteiger partial charge is 0.340 e. The number of amides is 1. The normalized spacial score (nSPS) is 19.8. The summed E-state index contributed by atoms with van der Waals surface area (Å²) < 4.78 is 0. The number of hydrogen-bond acceptors (Lipinski definition) is 7. The second-order valence-corrected chi connectivity index (χ2v) is 8.31. The number of nitrogens with zero attached hydrogens (tertiary/aromatic N) is 6. The standard InChI is InChI=1S/C20H23N7OS/c1-3-15-20(28)26(2)16-9-22-18(25-19(16)27(15)12-6-4-5-7-12)17-21-8-13(24-17)14-10-29-11-23-14/h8-12,15H,3-7H2,1-2H3,(H,21,24)/t15-/m1/s1. The molecule has 5 rings (SSSR count). The molecule has 1 saturated carbocycles. The number of imidazole rings is 1. The lowest BCUT2D eigenvalue weighted by atomic mass is 10.0. The Bertz CT molecular complexity index is 1030. The van der Waals surface area contributed by atoms with Crippen LogP contribution in [0.3, 0.4) is 0 Å². The van der Waals surface area contributed by atoms with E-state index in [0.717, 1.165) is 42.2 Å². The first-order chi connectivity index (χ1) is 14.2. The molecular weight excluding hydrogens is 386 g/mol. The fourth-order valence-corrected chi connectivity index (χ4v) is 4.96. The van der Waals surface area contributed by atoms with E-state index in [1.807, 2.05) is 12.4 Å². The van der Waals surface area contributed by atoms with Gasteiger partial charge in [0.05, 0.1) is 29.3 Å². The molecule has 1 aliphatic carbocycles. The van der Waals surface area contributed by atoms with Gasteiger partial charge in [-0.1, -0.05) is 19.8 Å². The molecule has 1 N–H and O–H groups in total. The van der Waals surface area contributed by atoms with Crippen molar-refractivity contribution >= 4 is 28.7 Å². The zero-order valence-corrected chi connectivity index (χ0v) is 17.3. The number of aromatic amines is 1. The molecule has 0 bridgehead atoms. The Morgan fingerprint density at radius 2 is 2.03 bits per heavy atom. The van der Waals surface area contributed by atoms with Gasteiger partial charge in [0.1, 0.15) is 11.7 Å². The van der Waals surface area contributed by atoms with Gasteiger partial charge in [-0.2, -0.15) is 0 Å². The summed E-state index contributed by atoms with van der Waals surface area (Å²) in [6.07, 6.45) is 8.85. The van der Waals surface area contributed by atoms with E-state index in [4.69, 9.17) is 4.98 Å². The smallest absolute Gasteiger partial charge is 0.249 e. The molecule has 1 amide bonds. The molecule has 29 heavy (non-hydrogen) atoms. The maximum absolute atomic E-state index is 13.0. The van der Waals surface area contributed by atoms with Crippen LogP contribution in [0.2, 0.25) is 0 Å². The third kappa shape index (κ3) is 3.00. The Balaban J connectivity index is 1.58. The first-order valence-corrected chi connectivity index (χ1v) is 11.0. The zero-order chi connectivity index (χ0) is 20.0. The minimum Gasteiger partial charge on any atom is -0.340 e. The molecule has 0 saturated heterocycles. The number of thiazole rings is 1. The minimum absolute atomic E-state index is 0.118. The molecule has 0 aromatic carbocycles. The van der Waals surface area contributed by atoms with Crippen LogP contribution in [0.25, 0.3) is 23.0 Å². The van der Waals surface area contributed by atoms with E-state index >= 15 is 0 Å². The number of carbonyl (C=O) groups is 1. The number of carbonyl (C=O) groups excluding carboxylic acids is 1. The number of H-pyrrole nitrogens is 1. The fraction of sp³-hybridized carbons (Fsp3) is 0.450. The predicted molar refractivity (Wildman–Crippen MR) is 113 cm³/mol. The molecule has 3 aromatic heterocycles. The van der Waals surface area contributed by atoms with Crippen LogP contribution < -0.4 is 9.80 Å². The molecule has 0 unspecified atom stereocenters. The van der Waals surface area contributed by atoms with E-state index in [1.54, 1.807) is 34.1 Å². The van der Waals surface area contributed by atoms with Crippen LogP contribution in [-0.2, 0) is 4.79 Å².